The molecule has 0 bridgehead atoms. The SMILES string of the molecule is Cn1nnnc1SCC(=O)OC(C)(C)C. The molecule has 0 spiro atoms. The summed E-state index contributed by atoms with van der Waals surface area (Å²) in [6.07, 6.45) is 0. The van der Waals surface area contributed by atoms with Gasteiger partial charge in [-0.2, -0.15) is 0 Å². The smallest absolute Gasteiger partial charge is 0.316 e. The summed E-state index contributed by atoms with van der Waals surface area (Å²) >= 11 is 1.25. The van der Waals surface area contributed by atoms with E-state index in [-0.39, 0.29) is 11.7 Å². The number of ether oxygens (including phenoxy) is 1. The molecule has 0 atom stereocenters. The van der Waals surface area contributed by atoms with Gasteiger partial charge in [0.25, 0.3) is 0 Å². The first-order valence-electron chi connectivity index (χ1n) is 4.45. The number of carbonyl (C=O) groups is 1. The van der Waals surface area contributed by atoms with Crippen molar-refractivity contribution < 1.29 is 9.53 Å². The molecular formula is C8H14N4O2S. The summed E-state index contributed by atoms with van der Waals surface area (Å²) in [5.74, 6) is -0.0543. The lowest BCUT2D eigenvalue weighted by Crippen LogP contribution is -2.25. The summed E-state index contributed by atoms with van der Waals surface area (Å²) in [6, 6.07) is 0. The van der Waals surface area contributed by atoms with Crippen molar-refractivity contribution in [2.45, 2.75) is 31.5 Å². The number of hydrogen-bond donors (Lipinski definition) is 0. The van der Waals surface area contributed by atoms with Gasteiger partial charge in [0.1, 0.15) is 5.60 Å². The van der Waals surface area contributed by atoms with Gasteiger partial charge < -0.3 is 4.74 Å². The van der Waals surface area contributed by atoms with Gasteiger partial charge in [-0.15, -0.1) is 5.10 Å². The van der Waals surface area contributed by atoms with Crippen LogP contribution in [0.2, 0.25) is 0 Å². The molecule has 0 radical (unpaired) electrons. The lowest BCUT2D eigenvalue weighted by Gasteiger charge is -2.18. The van der Waals surface area contributed by atoms with Crippen LogP contribution >= 0.6 is 11.8 Å². The maximum Gasteiger partial charge on any atom is 0.316 e. The van der Waals surface area contributed by atoms with Gasteiger partial charge in [0.15, 0.2) is 0 Å². The normalized spacial score (nSPS) is 11.5. The minimum atomic E-state index is -0.449. The highest BCUT2D eigenvalue weighted by Gasteiger charge is 2.17. The van der Waals surface area contributed by atoms with Crippen LogP contribution in [0.4, 0.5) is 0 Å². The molecule has 6 nitrogen and oxygen atoms in total. The Kier molecular flexibility index (Phi) is 3.67. The quantitative estimate of drug-likeness (QED) is 0.560. The van der Waals surface area contributed by atoms with Gasteiger partial charge in [0.05, 0.1) is 5.75 Å². The zero-order chi connectivity index (χ0) is 11.5. The fourth-order valence-electron chi connectivity index (χ4n) is 0.838. The van der Waals surface area contributed by atoms with E-state index in [9.17, 15) is 4.79 Å². The van der Waals surface area contributed by atoms with Gasteiger partial charge in [-0.3, -0.25) is 4.79 Å². The zero-order valence-electron chi connectivity index (χ0n) is 9.22. The van der Waals surface area contributed by atoms with E-state index < -0.39 is 5.60 Å². The number of thioether (sulfide) groups is 1. The molecule has 0 aliphatic heterocycles. The first kappa shape index (κ1) is 12.0. The number of rotatable bonds is 3. The van der Waals surface area contributed by atoms with Crippen molar-refractivity contribution in [2.24, 2.45) is 7.05 Å². The van der Waals surface area contributed by atoms with E-state index in [0.717, 1.165) is 0 Å². The van der Waals surface area contributed by atoms with Crippen LogP contribution in [0, 0.1) is 0 Å². The van der Waals surface area contributed by atoms with Gasteiger partial charge in [-0.05, 0) is 31.2 Å². The predicted octanol–water partition coefficient (Wildman–Crippen LogP) is 0.644. The average molecular weight is 230 g/mol. The van der Waals surface area contributed by atoms with E-state index in [4.69, 9.17) is 4.74 Å². The first-order valence-corrected chi connectivity index (χ1v) is 5.44. The topological polar surface area (TPSA) is 69.9 Å². The summed E-state index contributed by atoms with van der Waals surface area (Å²) in [5.41, 5.74) is -0.449. The molecule has 1 aromatic rings. The van der Waals surface area contributed by atoms with Crippen molar-refractivity contribution in [3.05, 3.63) is 0 Å². The molecule has 15 heavy (non-hydrogen) atoms. The molecule has 0 fully saturated rings. The molecular weight excluding hydrogens is 216 g/mol. The summed E-state index contributed by atoms with van der Waals surface area (Å²) in [6.45, 7) is 5.50. The monoisotopic (exact) mass is 230 g/mol. The number of tetrazole rings is 1. The summed E-state index contributed by atoms with van der Waals surface area (Å²) in [4.78, 5) is 11.3. The molecule has 0 aliphatic carbocycles. The van der Waals surface area contributed by atoms with Crippen molar-refractivity contribution in [1.82, 2.24) is 20.2 Å². The number of nitrogens with zero attached hydrogens (tertiary/aromatic N) is 4. The second-order valence-electron chi connectivity index (χ2n) is 3.96. The maximum atomic E-state index is 11.3. The van der Waals surface area contributed by atoms with E-state index in [1.54, 1.807) is 7.05 Å². The lowest BCUT2D eigenvalue weighted by atomic mass is 10.2. The fraction of sp³-hybridized carbons (Fsp3) is 0.750. The van der Waals surface area contributed by atoms with Crippen LogP contribution in [0.1, 0.15) is 20.8 Å². The van der Waals surface area contributed by atoms with Crippen LogP contribution in [0.5, 0.6) is 0 Å². The van der Waals surface area contributed by atoms with Crippen LogP contribution in [-0.4, -0.2) is 37.5 Å². The third kappa shape index (κ3) is 4.28. The summed E-state index contributed by atoms with van der Waals surface area (Å²) in [5, 5.41) is 11.5. The molecule has 0 amide bonds. The van der Waals surface area contributed by atoms with Gasteiger partial charge in [-0.25, -0.2) is 4.68 Å². The Morgan fingerprint density at radius 2 is 2.20 bits per heavy atom. The second kappa shape index (κ2) is 4.61. The van der Waals surface area contributed by atoms with Crippen LogP contribution in [0.15, 0.2) is 5.16 Å². The van der Waals surface area contributed by atoms with Crippen LogP contribution in [0.25, 0.3) is 0 Å². The van der Waals surface area contributed by atoms with Crippen molar-refractivity contribution in [3.8, 4) is 0 Å². The number of esters is 1. The fourth-order valence-corrected chi connectivity index (χ4v) is 1.46. The predicted molar refractivity (Wildman–Crippen MR) is 55.4 cm³/mol. The molecule has 0 N–H and O–H groups in total. The van der Waals surface area contributed by atoms with E-state index in [2.05, 4.69) is 15.5 Å². The molecule has 0 saturated heterocycles. The highest BCUT2D eigenvalue weighted by atomic mass is 32.2. The Balaban J connectivity index is 2.38. The maximum absolute atomic E-state index is 11.3. The zero-order valence-corrected chi connectivity index (χ0v) is 10.0. The number of hydrogen-bond acceptors (Lipinski definition) is 6. The molecule has 84 valence electrons. The Hall–Kier alpha value is -1.11. The minimum absolute atomic E-state index is 0.214. The van der Waals surface area contributed by atoms with Crippen molar-refractivity contribution in [1.29, 1.82) is 0 Å². The number of carbonyl (C=O) groups excluding carboxylic acids is 1. The molecule has 0 aliphatic rings. The Morgan fingerprint density at radius 1 is 1.53 bits per heavy atom. The van der Waals surface area contributed by atoms with Crippen molar-refractivity contribution in [3.63, 3.8) is 0 Å². The van der Waals surface area contributed by atoms with Crippen molar-refractivity contribution in [2.75, 3.05) is 5.75 Å². The van der Waals surface area contributed by atoms with Gasteiger partial charge in [0.2, 0.25) is 5.16 Å². The van der Waals surface area contributed by atoms with Gasteiger partial charge in [-0.1, -0.05) is 11.8 Å². The molecule has 0 unspecified atom stereocenters. The van der Waals surface area contributed by atoms with Gasteiger partial charge >= 0.3 is 5.97 Å². The molecule has 1 heterocycles. The molecule has 0 aromatic carbocycles. The van der Waals surface area contributed by atoms with Gasteiger partial charge in [0, 0.05) is 7.05 Å². The standard InChI is InChI=1S/C8H14N4O2S/c1-8(2,3)14-6(13)5-15-7-9-10-11-12(7)4/h5H2,1-4H3. The number of aryl methyl sites for hydroxylation is 1. The molecule has 7 heteroatoms. The lowest BCUT2D eigenvalue weighted by molar-refractivity contribution is -0.151. The second-order valence-corrected chi connectivity index (χ2v) is 4.90. The highest BCUT2D eigenvalue weighted by molar-refractivity contribution is 7.99. The summed E-state index contributed by atoms with van der Waals surface area (Å²) in [7, 11) is 1.72. The minimum Gasteiger partial charge on any atom is -0.459 e. The van der Waals surface area contributed by atoms with Crippen LogP contribution in [-0.2, 0) is 16.6 Å². The van der Waals surface area contributed by atoms with Crippen LogP contribution in [0.3, 0.4) is 0 Å². The van der Waals surface area contributed by atoms with E-state index in [0.29, 0.717) is 5.16 Å². The molecule has 1 aromatic heterocycles. The highest BCUT2D eigenvalue weighted by Crippen LogP contribution is 2.14. The van der Waals surface area contributed by atoms with E-state index >= 15 is 0 Å². The van der Waals surface area contributed by atoms with E-state index in [1.807, 2.05) is 20.8 Å². The Bertz CT molecular complexity index is 345. The Morgan fingerprint density at radius 3 is 2.67 bits per heavy atom. The third-order valence-electron chi connectivity index (χ3n) is 1.32. The average Bonchev–Trinajstić information content (AvgIpc) is 2.44. The first-order chi connectivity index (χ1) is 6.88. The largest absolute Gasteiger partial charge is 0.459 e. The molecule has 0 saturated carbocycles. The summed E-state index contributed by atoms with van der Waals surface area (Å²) < 4.78 is 6.65. The third-order valence-corrected chi connectivity index (χ3v) is 2.30. The Labute approximate surface area is 92.4 Å². The van der Waals surface area contributed by atoms with Crippen molar-refractivity contribution >= 4 is 17.7 Å². The van der Waals surface area contributed by atoms with Crippen LogP contribution < -0.4 is 0 Å². The van der Waals surface area contributed by atoms with E-state index in [1.165, 1.54) is 16.4 Å². The number of aromatic nitrogens is 4. The molecule has 1 rings (SSSR count).